The van der Waals surface area contributed by atoms with Crippen LogP contribution in [0.15, 0.2) is 24.4 Å². The molecule has 0 saturated heterocycles. The van der Waals surface area contributed by atoms with Gasteiger partial charge in [-0.15, -0.1) is 0 Å². The monoisotopic (exact) mass is 174 g/mol. The predicted molar refractivity (Wildman–Crippen MR) is 55.8 cm³/mol. The molecular formula is C11H14N2. The van der Waals surface area contributed by atoms with Crippen LogP contribution in [0, 0.1) is 6.92 Å². The lowest BCUT2D eigenvalue weighted by molar-refractivity contribution is 0.823. The molecule has 0 amide bonds. The zero-order valence-corrected chi connectivity index (χ0v) is 8.02. The smallest absolute Gasteiger partial charge is 0.0459 e. The standard InChI is InChI=1S/C11H14N2/c1-8-4-3-5-10-11(8)9(6-12-2)7-13-10/h3-5,7,12-13H,6H2,1-2H3. The van der Waals surface area contributed by atoms with E-state index in [4.69, 9.17) is 0 Å². The summed E-state index contributed by atoms with van der Waals surface area (Å²) in [5.74, 6) is 0. The topological polar surface area (TPSA) is 27.8 Å². The van der Waals surface area contributed by atoms with E-state index in [0.29, 0.717) is 0 Å². The highest BCUT2D eigenvalue weighted by atomic mass is 14.8. The number of rotatable bonds is 2. The Kier molecular flexibility index (Phi) is 2.07. The zero-order chi connectivity index (χ0) is 9.26. The van der Waals surface area contributed by atoms with E-state index < -0.39 is 0 Å². The van der Waals surface area contributed by atoms with E-state index in [9.17, 15) is 0 Å². The lowest BCUT2D eigenvalue weighted by Gasteiger charge is -2.00. The van der Waals surface area contributed by atoms with Gasteiger partial charge >= 0.3 is 0 Å². The highest BCUT2D eigenvalue weighted by Crippen LogP contribution is 2.21. The highest BCUT2D eigenvalue weighted by molar-refractivity contribution is 5.86. The van der Waals surface area contributed by atoms with Gasteiger partial charge in [-0.25, -0.2) is 0 Å². The van der Waals surface area contributed by atoms with E-state index in [0.717, 1.165) is 6.54 Å². The first-order valence-corrected chi connectivity index (χ1v) is 4.53. The van der Waals surface area contributed by atoms with E-state index in [1.807, 2.05) is 7.05 Å². The van der Waals surface area contributed by atoms with Crippen LogP contribution in [0.5, 0.6) is 0 Å². The number of fused-ring (bicyclic) bond motifs is 1. The number of nitrogens with one attached hydrogen (secondary N) is 2. The molecule has 1 heterocycles. The molecule has 0 spiro atoms. The third kappa shape index (κ3) is 1.33. The van der Waals surface area contributed by atoms with Crippen molar-refractivity contribution in [3.63, 3.8) is 0 Å². The largest absolute Gasteiger partial charge is 0.361 e. The molecular weight excluding hydrogens is 160 g/mol. The van der Waals surface area contributed by atoms with Crippen molar-refractivity contribution >= 4 is 10.9 Å². The van der Waals surface area contributed by atoms with E-state index in [1.54, 1.807) is 0 Å². The molecule has 0 aliphatic heterocycles. The van der Waals surface area contributed by atoms with Gasteiger partial charge < -0.3 is 10.3 Å². The summed E-state index contributed by atoms with van der Waals surface area (Å²) >= 11 is 0. The molecule has 1 aromatic heterocycles. The Morgan fingerprint density at radius 1 is 1.38 bits per heavy atom. The van der Waals surface area contributed by atoms with Crippen molar-refractivity contribution in [2.45, 2.75) is 13.5 Å². The molecule has 0 aliphatic rings. The van der Waals surface area contributed by atoms with E-state index in [2.05, 4.69) is 41.6 Å². The Labute approximate surface area is 78.0 Å². The lowest BCUT2D eigenvalue weighted by atomic mass is 10.1. The molecule has 0 unspecified atom stereocenters. The van der Waals surface area contributed by atoms with Crippen LogP contribution in [0.3, 0.4) is 0 Å². The van der Waals surface area contributed by atoms with Gasteiger partial charge in [0.25, 0.3) is 0 Å². The minimum atomic E-state index is 0.921. The highest BCUT2D eigenvalue weighted by Gasteiger charge is 2.03. The van der Waals surface area contributed by atoms with Gasteiger partial charge in [0.2, 0.25) is 0 Å². The third-order valence-electron chi connectivity index (χ3n) is 2.36. The van der Waals surface area contributed by atoms with Gasteiger partial charge in [0.1, 0.15) is 0 Å². The Morgan fingerprint density at radius 3 is 3.00 bits per heavy atom. The lowest BCUT2D eigenvalue weighted by Crippen LogP contribution is -2.04. The molecule has 0 aliphatic carbocycles. The molecule has 0 radical (unpaired) electrons. The maximum absolute atomic E-state index is 3.27. The number of aromatic amines is 1. The Hall–Kier alpha value is -1.28. The van der Waals surface area contributed by atoms with Crippen LogP contribution in [0.1, 0.15) is 11.1 Å². The van der Waals surface area contributed by atoms with Crippen LogP contribution >= 0.6 is 0 Å². The number of benzene rings is 1. The van der Waals surface area contributed by atoms with Crippen LogP contribution in [0.25, 0.3) is 10.9 Å². The quantitative estimate of drug-likeness (QED) is 0.717. The second-order valence-corrected chi connectivity index (χ2v) is 3.34. The van der Waals surface area contributed by atoms with Crippen LogP contribution in [-0.4, -0.2) is 12.0 Å². The van der Waals surface area contributed by atoms with E-state index in [-0.39, 0.29) is 0 Å². The summed E-state index contributed by atoms with van der Waals surface area (Å²) in [7, 11) is 1.97. The number of H-pyrrole nitrogens is 1. The molecule has 2 heteroatoms. The Morgan fingerprint density at radius 2 is 2.23 bits per heavy atom. The van der Waals surface area contributed by atoms with Gasteiger partial charge in [0, 0.05) is 23.6 Å². The van der Waals surface area contributed by atoms with Gasteiger partial charge in [0.15, 0.2) is 0 Å². The van der Waals surface area contributed by atoms with Gasteiger partial charge in [-0.2, -0.15) is 0 Å². The average Bonchev–Trinajstić information content (AvgIpc) is 2.51. The first-order valence-electron chi connectivity index (χ1n) is 4.53. The summed E-state index contributed by atoms with van der Waals surface area (Å²) in [6.45, 7) is 3.07. The first kappa shape index (κ1) is 8.32. The summed E-state index contributed by atoms with van der Waals surface area (Å²) in [5, 5.41) is 4.53. The van der Waals surface area contributed by atoms with Gasteiger partial charge in [-0.3, -0.25) is 0 Å². The van der Waals surface area contributed by atoms with Crippen molar-refractivity contribution in [3.8, 4) is 0 Å². The van der Waals surface area contributed by atoms with E-state index in [1.165, 1.54) is 22.0 Å². The first-order chi connectivity index (χ1) is 6.33. The fraction of sp³-hybridized carbons (Fsp3) is 0.273. The Balaban J connectivity index is 2.64. The normalized spacial score (nSPS) is 10.9. The number of hydrogen-bond acceptors (Lipinski definition) is 1. The van der Waals surface area contributed by atoms with Crippen LogP contribution in [0.2, 0.25) is 0 Å². The molecule has 1 aromatic carbocycles. The molecule has 0 fully saturated rings. The maximum Gasteiger partial charge on any atom is 0.0459 e. The van der Waals surface area contributed by atoms with Crippen molar-refractivity contribution in [2.75, 3.05) is 7.05 Å². The summed E-state index contributed by atoms with van der Waals surface area (Å²) < 4.78 is 0. The minimum absolute atomic E-state index is 0.921. The molecule has 68 valence electrons. The molecule has 0 atom stereocenters. The molecule has 0 bridgehead atoms. The predicted octanol–water partition coefficient (Wildman–Crippen LogP) is 2.20. The van der Waals surface area contributed by atoms with Crippen LogP contribution < -0.4 is 5.32 Å². The second-order valence-electron chi connectivity index (χ2n) is 3.34. The van der Waals surface area contributed by atoms with Gasteiger partial charge in [0.05, 0.1) is 0 Å². The zero-order valence-electron chi connectivity index (χ0n) is 8.02. The summed E-state index contributed by atoms with van der Waals surface area (Å²) in [6.07, 6.45) is 2.08. The van der Waals surface area contributed by atoms with E-state index >= 15 is 0 Å². The van der Waals surface area contributed by atoms with Crippen molar-refractivity contribution in [3.05, 3.63) is 35.5 Å². The fourth-order valence-electron chi connectivity index (χ4n) is 1.78. The average molecular weight is 174 g/mol. The van der Waals surface area contributed by atoms with Gasteiger partial charge in [-0.1, -0.05) is 12.1 Å². The van der Waals surface area contributed by atoms with Crippen LogP contribution in [0.4, 0.5) is 0 Å². The molecule has 13 heavy (non-hydrogen) atoms. The van der Waals surface area contributed by atoms with Crippen molar-refractivity contribution in [2.24, 2.45) is 0 Å². The summed E-state index contributed by atoms with van der Waals surface area (Å²) in [5.41, 5.74) is 3.91. The van der Waals surface area contributed by atoms with Crippen molar-refractivity contribution in [1.82, 2.24) is 10.3 Å². The molecule has 2 nitrogen and oxygen atoms in total. The molecule has 2 rings (SSSR count). The van der Waals surface area contributed by atoms with Gasteiger partial charge in [-0.05, 0) is 31.2 Å². The Bertz CT molecular complexity index is 415. The summed E-state index contributed by atoms with van der Waals surface area (Å²) in [4.78, 5) is 3.27. The minimum Gasteiger partial charge on any atom is -0.361 e. The SMILES string of the molecule is CNCc1c[nH]c2cccc(C)c12. The molecule has 2 N–H and O–H groups in total. The van der Waals surface area contributed by atoms with Crippen LogP contribution in [-0.2, 0) is 6.54 Å². The second kappa shape index (κ2) is 3.23. The summed E-state index contributed by atoms with van der Waals surface area (Å²) in [6, 6.07) is 6.34. The van der Waals surface area contributed by atoms with Crippen molar-refractivity contribution < 1.29 is 0 Å². The molecule has 0 saturated carbocycles. The third-order valence-corrected chi connectivity index (χ3v) is 2.36. The molecule has 2 aromatic rings. The van der Waals surface area contributed by atoms with Crippen molar-refractivity contribution in [1.29, 1.82) is 0 Å². The maximum atomic E-state index is 3.27. The number of aromatic nitrogens is 1. The number of hydrogen-bond donors (Lipinski definition) is 2. The number of aryl methyl sites for hydroxylation is 1. The fourth-order valence-corrected chi connectivity index (χ4v) is 1.78.